The molecule has 190 valence electrons. The number of carbonyl (C=O) groups excluding carboxylic acids is 3. The van der Waals surface area contributed by atoms with E-state index in [1.165, 1.54) is 0 Å². The van der Waals surface area contributed by atoms with Crippen molar-refractivity contribution in [3.8, 4) is 0 Å². The number of nitrogens with zero attached hydrogens (tertiary/aromatic N) is 1. The highest BCUT2D eigenvalue weighted by Gasteiger charge is 2.49. The molecule has 1 fully saturated rings. The summed E-state index contributed by atoms with van der Waals surface area (Å²) in [4.78, 5) is 40.0. The molecule has 4 N–H and O–H groups in total. The Labute approximate surface area is 199 Å². The zero-order chi connectivity index (χ0) is 25.8. The summed E-state index contributed by atoms with van der Waals surface area (Å²) < 4.78 is 53.8. The zero-order valence-electron chi connectivity index (χ0n) is 19.0. The van der Waals surface area contributed by atoms with Crippen molar-refractivity contribution in [2.75, 3.05) is 6.67 Å². The lowest BCUT2D eigenvalue weighted by atomic mass is 9.86. The zero-order valence-corrected chi connectivity index (χ0v) is 19.0. The fourth-order valence-electron chi connectivity index (χ4n) is 3.76. The number of halogens is 4. The van der Waals surface area contributed by atoms with Crippen LogP contribution in [0.3, 0.4) is 0 Å². The number of ketones is 1. The van der Waals surface area contributed by atoms with E-state index in [1.807, 2.05) is 6.92 Å². The van der Waals surface area contributed by atoms with Crippen molar-refractivity contribution in [1.29, 1.82) is 0 Å². The van der Waals surface area contributed by atoms with E-state index >= 15 is 0 Å². The molecule has 1 aromatic carbocycles. The Morgan fingerprint density at radius 1 is 1.26 bits per heavy atom. The van der Waals surface area contributed by atoms with Crippen molar-refractivity contribution in [3.05, 3.63) is 58.5 Å². The Kier molecular flexibility index (Phi) is 8.15. The van der Waals surface area contributed by atoms with Crippen LogP contribution >= 0.6 is 0 Å². The highest BCUT2D eigenvalue weighted by molar-refractivity contribution is 6.26. The number of alkyl halides is 2. The van der Waals surface area contributed by atoms with Crippen LogP contribution in [0.5, 0.6) is 0 Å². The van der Waals surface area contributed by atoms with Crippen LogP contribution in [-0.4, -0.2) is 46.2 Å². The second-order valence-electron chi connectivity index (χ2n) is 8.41. The quantitative estimate of drug-likeness (QED) is 0.340. The first kappa shape index (κ1) is 26.2. The molecule has 0 radical (unpaired) electrons. The average Bonchev–Trinajstić information content (AvgIpc) is 2.78. The lowest BCUT2D eigenvalue weighted by molar-refractivity contribution is -0.151. The number of unbranched alkanes of at least 4 members (excludes halogenated alkanes) is 1. The van der Waals surface area contributed by atoms with Gasteiger partial charge >= 0.3 is 0 Å². The van der Waals surface area contributed by atoms with Crippen LogP contribution in [-0.2, 0) is 20.9 Å². The van der Waals surface area contributed by atoms with E-state index in [9.17, 15) is 37.1 Å². The van der Waals surface area contributed by atoms with Crippen LogP contribution in [0, 0.1) is 11.6 Å². The Balaban J connectivity index is 1.84. The molecule has 8 nitrogen and oxygen atoms in total. The molecule has 1 aliphatic heterocycles. The third-order valence-corrected chi connectivity index (χ3v) is 5.82. The van der Waals surface area contributed by atoms with Crippen molar-refractivity contribution < 1.29 is 37.1 Å². The van der Waals surface area contributed by atoms with Crippen LogP contribution in [0.4, 0.5) is 17.6 Å². The van der Waals surface area contributed by atoms with Gasteiger partial charge in [-0.05, 0) is 18.9 Å². The van der Waals surface area contributed by atoms with Gasteiger partial charge in [-0.1, -0.05) is 19.4 Å². The van der Waals surface area contributed by atoms with Crippen molar-refractivity contribution in [1.82, 2.24) is 21.1 Å². The molecule has 1 aliphatic carbocycles. The number of hydrazine groups is 1. The molecule has 1 aromatic rings. The lowest BCUT2D eigenvalue weighted by Crippen LogP contribution is -2.57. The Bertz CT molecular complexity index is 1070. The van der Waals surface area contributed by atoms with Gasteiger partial charge in [-0.25, -0.2) is 23.0 Å². The van der Waals surface area contributed by atoms with Gasteiger partial charge in [0.1, 0.15) is 17.2 Å². The standard InChI is InChI=1S/C23H26F4N4O4/c1-2-3-4-16-19(32)20(33)17(21(34)28-10-13-5-6-14(24)7-18(13)25)11-29-30-12-31(22(16)35)15-8-23(26,27)9-15/h5-7,11,15,29-30,32H,2-4,8-10,12H2,1H3,(H,28,34)/b17-11+,19-16-. The maximum atomic E-state index is 13.9. The number of amides is 2. The van der Waals surface area contributed by atoms with Crippen LogP contribution in [0.25, 0.3) is 0 Å². The van der Waals surface area contributed by atoms with Crippen molar-refractivity contribution >= 4 is 17.6 Å². The topological polar surface area (TPSA) is 111 Å². The monoisotopic (exact) mass is 498 g/mol. The molecule has 12 heteroatoms. The molecule has 1 saturated carbocycles. The second-order valence-corrected chi connectivity index (χ2v) is 8.41. The SMILES string of the molecule is CCCC/C1=C(/O)C(=O)/C(C(=O)NCc2ccc(F)cc2F)=C\NNCN(C2CC(F)(F)C2)C1=O. The van der Waals surface area contributed by atoms with E-state index < -0.39 is 65.4 Å². The maximum absolute atomic E-state index is 13.9. The normalized spacial score (nSPS) is 22.7. The van der Waals surface area contributed by atoms with Gasteiger partial charge in [0, 0.05) is 43.3 Å². The molecule has 0 bridgehead atoms. The predicted molar refractivity (Wildman–Crippen MR) is 116 cm³/mol. The summed E-state index contributed by atoms with van der Waals surface area (Å²) in [5.41, 5.74) is 4.15. The molecule has 3 rings (SSSR count). The van der Waals surface area contributed by atoms with E-state index in [2.05, 4.69) is 16.2 Å². The predicted octanol–water partition coefficient (Wildman–Crippen LogP) is 2.73. The first-order chi connectivity index (χ1) is 16.5. The van der Waals surface area contributed by atoms with Crippen molar-refractivity contribution in [2.24, 2.45) is 0 Å². The number of allylic oxidation sites excluding steroid dienone is 1. The first-order valence-corrected chi connectivity index (χ1v) is 11.1. The minimum absolute atomic E-state index is 0.00433. The number of hydrogen-bond donors (Lipinski definition) is 4. The Morgan fingerprint density at radius 2 is 1.97 bits per heavy atom. The minimum Gasteiger partial charge on any atom is -0.504 e. The van der Waals surface area contributed by atoms with Gasteiger partial charge in [0.05, 0.1) is 12.2 Å². The molecule has 0 atom stereocenters. The Hall–Kier alpha value is -3.41. The summed E-state index contributed by atoms with van der Waals surface area (Å²) >= 11 is 0. The van der Waals surface area contributed by atoms with E-state index in [-0.39, 0.29) is 30.8 Å². The number of Topliss-reactive ketones (excluding diaryl/α,β-unsaturated/α-hetero) is 1. The summed E-state index contributed by atoms with van der Waals surface area (Å²) in [7, 11) is 0. The fraction of sp³-hybridized carbons (Fsp3) is 0.435. The molecule has 2 aliphatic rings. The third-order valence-electron chi connectivity index (χ3n) is 5.82. The van der Waals surface area contributed by atoms with E-state index in [0.29, 0.717) is 18.9 Å². The molecule has 0 aromatic heterocycles. The molecule has 0 spiro atoms. The summed E-state index contributed by atoms with van der Waals surface area (Å²) in [6.45, 7) is 1.22. The highest BCUT2D eigenvalue weighted by Crippen LogP contribution is 2.41. The van der Waals surface area contributed by atoms with Crippen LogP contribution in [0.15, 0.2) is 41.3 Å². The van der Waals surface area contributed by atoms with Crippen LogP contribution in [0.2, 0.25) is 0 Å². The number of nitrogens with one attached hydrogen (secondary N) is 3. The summed E-state index contributed by atoms with van der Waals surface area (Å²) in [5.74, 6) is -8.49. The van der Waals surface area contributed by atoms with Gasteiger partial charge in [0.25, 0.3) is 17.7 Å². The molecule has 0 unspecified atom stereocenters. The summed E-state index contributed by atoms with van der Waals surface area (Å²) in [5, 5.41) is 13.0. The average molecular weight is 498 g/mol. The molecular formula is C23H26F4N4O4. The van der Waals surface area contributed by atoms with Gasteiger partial charge in [0.15, 0.2) is 5.76 Å². The number of benzene rings is 1. The lowest BCUT2D eigenvalue weighted by Gasteiger charge is -2.43. The molecule has 1 heterocycles. The smallest absolute Gasteiger partial charge is 0.257 e. The van der Waals surface area contributed by atoms with Gasteiger partial charge < -0.3 is 20.7 Å². The maximum Gasteiger partial charge on any atom is 0.257 e. The largest absolute Gasteiger partial charge is 0.504 e. The van der Waals surface area contributed by atoms with Gasteiger partial charge in [-0.3, -0.25) is 14.4 Å². The van der Waals surface area contributed by atoms with E-state index in [1.54, 1.807) is 0 Å². The molecule has 2 amide bonds. The van der Waals surface area contributed by atoms with E-state index in [4.69, 9.17) is 0 Å². The highest BCUT2D eigenvalue weighted by atomic mass is 19.3. The van der Waals surface area contributed by atoms with Crippen molar-refractivity contribution in [3.63, 3.8) is 0 Å². The number of hydrogen-bond acceptors (Lipinski definition) is 6. The van der Waals surface area contributed by atoms with Crippen molar-refractivity contribution in [2.45, 2.75) is 57.5 Å². The van der Waals surface area contributed by atoms with Gasteiger partial charge in [0.2, 0.25) is 5.78 Å². The van der Waals surface area contributed by atoms with Crippen LogP contribution in [0.1, 0.15) is 44.6 Å². The van der Waals surface area contributed by atoms with E-state index in [0.717, 1.165) is 23.2 Å². The Morgan fingerprint density at radius 3 is 2.60 bits per heavy atom. The third kappa shape index (κ3) is 6.18. The molecular weight excluding hydrogens is 472 g/mol. The number of aliphatic hydroxyl groups is 1. The van der Waals surface area contributed by atoms with Gasteiger partial charge in [-0.15, -0.1) is 0 Å². The number of carbonyl (C=O) groups is 3. The fourth-order valence-corrected chi connectivity index (χ4v) is 3.76. The first-order valence-electron chi connectivity index (χ1n) is 11.1. The minimum atomic E-state index is -2.89. The van der Waals surface area contributed by atoms with Gasteiger partial charge in [-0.2, -0.15) is 0 Å². The molecule has 35 heavy (non-hydrogen) atoms. The number of rotatable bonds is 7. The number of aliphatic hydroxyl groups excluding tert-OH is 1. The van der Waals surface area contributed by atoms with Crippen LogP contribution < -0.4 is 16.2 Å². The second kappa shape index (κ2) is 10.9. The summed E-state index contributed by atoms with van der Waals surface area (Å²) in [6.07, 6.45) is 0.907. The molecule has 0 saturated heterocycles. The summed E-state index contributed by atoms with van der Waals surface area (Å²) in [6, 6.07) is 1.99.